The topological polar surface area (TPSA) is 76.8 Å². The molecule has 0 radical (unpaired) electrons. The normalized spacial score (nSPS) is 15.5. The van der Waals surface area contributed by atoms with Gasteiger partial charge < -0.3 is 24.1 Å². The summed E-state index contributed by atoms with van der Waals surface area (Å²) in [5.74, 6) is 2.17. The van der Waals surface area contributed by atoms with Crippen LogP contribution in [0.25, 0.3) is 22.2 Å². The zero-order valence-corrected chi connectivity index (χ0v) is 19.3. The molecule has 0 spiro atoms. The maximum Gasteiger partial charge on any atom is 0.322 e. The maximum absolute atomic E-state index is 13.0. The molecule has 174 valence electrons. The number of benzene rings is 3. The number of carbonyl (C=O) groups excluding carboxylic acids is 1. The molecule has 0 unspecified atom stereocenters. The third kappa shape index (κ3) is 4.41. The van der Waals surface area contributed by atoms with Gasteiger partial charge in [-0.15, -0.1) is 0 Å². The van der Waals surface area contributed by atoms with E-state index in [0.29, 0.717) is 24.6 Å². The fourth-order valence-corrected chi connectivity index (χ4v) is 4.31. The van der Waals surface area contributed by atoms with E-state index in [1.807, 2.05) is 73.7 Å². The van der Waals surface area contributed by atoms with Crippen LogP contribution in [0.4, 0.5) is 10.5 Å². The number of anilines is 1. The van der Waals surface area contributed by atoms with Gasteiger partial charge in [-0.25, -0.2) is 9.78 Å². The lowest BCUT2D eigenvalue weighted by molar-refractivity contribution is 0.199. The Balaban J connectivity index is 1.34. The molecule has 5 rings (SSSR count). The molecule has 1 aromatic heterocycles. The molecule has 0 bridgehead atoms. The predicted molar refractivity (Wildman–Crippen MR) is 131 cm³/mol. The van der Waals surface area contributed by atoms with E-state index >= 15 is 0 Å². The van der Waals surface area contributed by atoms with Gasteiger partial charge in [0.25, 0.3) is 0 Å². The summed E-state index contributed by atoms with van der Waals surface area (Å²) in [5, 5.41) is 2.98. The third-order valence-corrected chi connectivity index (χ3v) is 6.04. The van der Waals surface area contributed by atoms with E-state index in [-0.39, 0.29) is 12.1 Å². The zero-order chi connectivity index (χ0) is 23.5. The van der Waals surface area contributed by atoms with E-state index in [1.165, 1.54) is 0 Å². The Bertz CT molecular complexity index is 1280. The lowest BCUT2D eigenvalue weighted by Gasteiger charge is -2.22. The highest BCUT2D eigenvalue weighted by Gasteiger charge is 2.33. The number of aromatic nitrogens is 1. The van der Waals surface area contributed by atoms with Crippen LogP contribution in [0.5, 0.6) is 11.5 Å². The fraction of sp³-hybridized carbons (Fsp3) is 0.259. The number of oxazole rings is 1. The zero-order valence-electron chi connectivity index (χ0n) is 19.3. The van der Waals surface area contributed by atoms with Crippen LogP contribution in [0.2, 0.25) is 0 Å². The van der Waals surface area contributed by atoms with Crippen LogP contribution in [0, 0.1) is 0 Å². The first-order chi connectivity index (χ1) is 16.6. The van der Waals surface area contributed by atoms with E-state index < -0.39 is 0 Å². The summed E-state index contributed by atoms with van der Waals surface area (Å²) in [6.45, 7) is 3.20. The summed E-state index contributed by atoms with van der Waals surface area (Å²) in [6.07, 6.45) is 1.71. The summed E-state index contributed by atoms with van der Waals surface area (Å²) in [7, 11) is 1.66. The maximum atomic E-state index is 13.0. The van der Waals surface area contributed by atoms with E-state index in [0.717, 1.165) is 46.7 Å². The smallest absolute Gasteiger partial charge is 0.322 e. The molecule has 1 atom stereocenters. The molecule has 1 aliphatic heterocycles. The molecule has 1 aliphatic rings. The molecule has 0 saturated carbocycles. The standard InChI is InChI=1S/C27H27N3O4/c1-3-33-22-13-9-20(10-14-22)28-27(31)30-16-4-5-24(30)26-29-23-17-19(8-15-25(23)34-26)18-6-11-21(32-2)12-7-18/h6-15,17,24H,3-5,16H2,1-2H3,(H,28,31)/t24-/m0/s1. The second-order valence-corrected chi connectivity index (χ2v) is 8.20. The molecule has 7 heteroatoms. The van der Waals surface area contributed by atoms with Crippen molar-refractivity contribution < 1.29 is 18.7 Å². The average molecular weight is 458 g/mol. The Labute approximate surface area is 198 Å². The lowest BCUT2D eigenvalue weighted by Crippen LogP contribution is -2.34. The Morgan fingerprint density at radius 3 is 2.53 bits per heavy atom. The monoisotopic (exact) mass is 457 g/mol. The highest BCUT2D eigenvalue weighted by atomic mass is 16.5. The quantitative estimate of drug-likeness (QED) is 0.369. The minimum Gasteiger partial charge on any atom is -0.497 e. The summed E-state index contributed by atoms with van der Waals surface area (Å²) >= 11 is 0. The first-order valence-corrected chi connectivity index (χ1v) is 11.5. The summed E-state index contributed by atoms with van der Waals surface area (Å²) in [4.78, 5) is 19.6. The molecule has 3 aromatic carbocycles. The van der Waals surface area contributed by atoms with Crippen LogP contribution in [-0.2, 0) is 0 Å². The molecule has 0 aliphatic carbocycles. The van der Waals surface area contributed by atoms with E-state index in [1.54, 1.807) is 12.0 Å². The Morgan fingerprint density at radius 2 is 1.79 bits per heavy atom. The largest absolute Gasteiger partial charge is 0.497 e. The van der Waals surface area contributed by atoms with Crippen LogP contribution in [0.1, 0.15) is 31.7 Å². The number of nitrogens with zero attached hydrogens (tertiary/aromatic N) is 2. The number of amides is 2. The van der Waals surface area contributed by atoms with Gasteiger partial charge in [0.2, 0.25) is 5.89 Å². The first-order valence-electron chi connectivity index (χ1n) is 11.5. The number of nitrogens with one attached hydrogen (secondary N) is 1. The number of methoxy groups -OCH3 is 1. The molecule has 2 amide bonds. The van der Waals surface area contributed by atoms with Crippen molar-refractivity contribution in [3.8, 4) is 22.6 Å². The number of hydrogen-bond donors (Lipinski definition) is 1. The fourth-order valence-electron chi connectivity index (χ4n) is 4.31. The van der Waals surface area contributed by atoms with Crippen molar-refractivity contribution in [3.63, 3.8) is 0 Å². The lowest BCUT2D eigenvalue weighted by atomic mass is 10.1. The number of hydrogen-bond acceptors (Lipinski definition) is 5. The predicted octanol–water partition coefficient (Wildman–Crippen LogP) is 6.27. The molecular formula is C27H27N3O4. The van der Waals surface area contributed by atoms with Crippen LogP contribution < -0.4 is 14.8 Å². The van der Waals surface area contributed by atoms with Crippen molar-refractivity contribution >= 4 is 22.8 Å². The van der Waals surface area contributed by atoms with Crippen molar-refractivity contribution in [3.05, 3.63) is 72.6 Å². The van der Waals surface area contributed by atoms with Crippen molar-refractivity contribution in [2.24, 2.45) is 0 Å². The third-order valence-electron chi connectivity index (χ3n) is 6.04. The number of rotatable bonds is 6. The minimum atomic E-state index is -0.195. The number of ether oxygens (including phenoxy) is 2. The van der Waals surface area contributed by atoms with Gasteiger partial charge in [0.1, 0.15) is 23.1 Å². The van der Waals surface area contributed by atoms with Gasteiger partial charge in [-0.05, 0) is 79.4 Å². The van der Waals surface area contributed by atoms with Gasteiger partial charge in [-0.3, -0.25) is 0 Å². The molecule has 7 nitrogen and oxygen atoms in total. The molecular weight excluding hydrogens is 430 g/mol. The van der Waals surface area contributed by atoms with Crippen molar-refractivity contribution in [1.82, 2.24) is 9.88 Å². The number of likely N-dealkylation sites (tertiary alicyclic amines) is 1. The van der Waals surface area contributed by atoms with Crippen LogP contribution in [0.15, 0.2) is 71.1 Å². The molecule has 34 heavy (non-hydrogen) atoms. The highest BCUT2D eigenvalue weighted by Crippen LogP contribution is 2.35. The van der Waals surface area contributed by atoms with Gasteiger partial charge >= 0.3 is 6.03 Å². The Morgan fingerprint density at radius 1 is 1.06 bits per heavy atom. The number of urea groups is 1. The Kier molecular flexibility index (Phi) is 6.08. The van der Waals surface area contributed by atoms with Crippen molar-refractivity contribution in [1.29, 1.82) is 0 Å². The van der Waals surface area contributed by atoms with Crippen LogP contribution in [0.3, 0.4) is 0 Å². The SMILES string of the molecule is CCOc1ccc(NC(=O)N2CCC[C@H]2c2nc3cc(-c4ccc(OC)cc4)ccc3o2)cc1. The number of carbonyl (C=O) groups is 1. The second kappa shape index (κ2) is 9.47. The van der Waals surface area contributed by atoms with Gasteiger partial charge in [0, 0.05) is 12.2 Å². The van der Waals surface area contributed by atoms with Crippen LogP contribution >= 0.6 is 0 Å². The molecule has 1 saturated heterocycles. The van der Waals surface area contributed by atoms with Gasteiger partial charge in [0.15, 0.2) is 5.58 Å². The van der Waals surface area contributed by atoms with Gasteiger partial charge in [-0.1, -0.05) is 18.2 Å². The summed E-state index contributed by atoms with van der Waals surface area (Å²) < 4.78 is 16.8. The molecule has 1 fully saturated rings. The van der Waals surface area contributed by atoms with Crippen LogP contribution in [-0.4, -0.2) is 36.2 Å². The van der Waals surface area contributed by atoms with E-state index in [2.05, 4.69) is 5.32 Å². The second-order valence-electron chi connectivity index (χ2n) is 8.20. The summed E-state index contributed by atoms with van der Waals surface area (Å²) in [6, 6.07) is 20.9. The van der Waals surface area contributed by atoms with Crippen molar-refractivity contribution in [2.45, 2.75) is 25.8 Å². The first kappa shape index (κ1) is 21.8. The molecule has 4 aromatic rings. The van der Waals surface area contributed by atoms with Crippen molar-refractivity contribution in [2.75, 3.05) is 25.6 Å². The number of fused-ring (bicyclic) bond motifs is 1. The van der Waals surface area contributed by atoms with Gasteiger partial charge in [-0.2, -0.15) is 0 Å². The minimum absolute atomic E-state index is 0.159. The average Bonchev–Trinajstić information content (AvgIpc) is 3.52. The Hall–Kier alpha value is -4.00. The van der Waals surface area contributed by atoms with Gasteiger partial charge in [0.05, 0.1) is 13.7 Å². The van der Waals surface area contributed by atoms with E-state index in [9.17, 15) is 4.79 Å². The molecule has 2 heterocycles. The van der Waals surface area contributed by atoms with E-state index in [4.69, 9.17) is 18.9 Å². The molecule has 1 N–H and O–H groups in total. The highest BCUT2D eigenvalue weighted by molar-refractivity contribution is 5.90. The summed E-state index contributed by atoms with van der Waals surface area (Å²) in [5.41, 5.74) is 4.34.